The van der Waals surface area contributed by atoms with E-state index in [9.17, 15) is 4.79 Å². The molecule has 0 bridgehead atoms. The summed E-state index contributed by atoms with van der Waals surface area (Å²) in [6.45, 7) is 9.63. The van der Waals surface area contributed by atoms with E-state index in [1.54, 1.807) is 25.3 Å². The highest BCUT2D eigenvalue weighted by Crippen LogP contribution is 2.37. The van der Waals surface area contributed by atoms with E-state index >= 15 is 4.39 Å². The zero-order valence-electron chi connectivity index (χ0n) is 18.9. The molecule has 0 heterocycles. The molecule has 0 saturated heterocycles. The van der Waals surface area contributed by atoms with E-state index in [0.29, 0.717) is 17.2 Å². The minimum atomic E-state index is -0.419. The van der Waals surface area contributed by atoms with E-state index in [1.807, 2.05) is 39.8 Å². The molecular weight excluding hydrogens is 389 g/mol. The first-order chi connectivity index (χ1) is 14.7. The summed E-state index contributed by atoms with van der Waals surface area (Å²) in [4.78, 5) is 12.0. The number of nitrogens with one attached hydrogen (secondary N) is 2. The SMILES string of the molecule is C/C(=C\c1c(C)c(C)c(-c2ccc(NC3CCCC3)cc2F)c(C)c1C)C(=O)NC#N. The highest BCUT2D eigenvalue weighted by Gasteiger charge is 2.20. The number of carbonyl (C=O) groups excluding carboxylic acids is 1. The van der Waals surface area contributed by atoms with Crippen molar-refractivity contribution in [3.05, 3.63) is 57.4 Å². The third-order valence-corrected chi connectivity index (χ3v) is 6.54. The molecule has 1 amide bonds. The highest BCUT2D eigenvalue weighted by atomic mass is 19.1. The van der Waals surface area contributed by atoms with Gasteiger partial charge in [0.25, 0.3) is 5.91 Å². The number of hydrogen-bond acceptors (Lipinski definition) is 3. The van der Waals surface area contributed by atoms with E-state index in [2.05, 4.69) is 10.6 Å². The zero-order chi connectivity index (χ0) is 22.7. The van der Waals surface area contributed by atoms with Crippen LogP contribution < -0.4 is 10.6 Å². The third-order valence-electron chi connectivity index (χ3n) is 6.54. The Bertz CT molecular complexity index is 1060. The Balaban J connectivity index is 2.02. The fourth-order valence-electron chi connectivity index (χ4n) is 4.51. The van der Waals surface area contributed by atoms with E-state index in [1.165, 1.54) is 12.8 Å². The normalized spacial score (nSPS) is 14.4. The van der Waals surface area contributed by atoms with E-state index in [4.69, 9.17) is 5.26 Å². The molecule has 1 fully saturated rings. The van der Waals surface area contributed by atoms with Gasteiger partial charge in [-0.1, -0.05) is 12.8 Å². The lowest BCUT2D eigenvalue weighted by molar-refractivity contribution is -0.116. The van der Waals surface area contributed by atoms with Gasteiger partial charge in [-0.05, 0) is 105 Å². The van der Waals surface area contributed by atoms with Gasteiger partial charge in [-0.15, -0.1) is 0 Å². The van der Waals surface area contributed by atoms with Crippen LogP contribution in [0.5, 0.6) is 0 Å². The average molecular weight is 420 g/mol. The van der Waals surface area contributed by atoms with Crippen LogP contribution in [-0.4, -0.2) is 11.9 Å². The molecule has 31 heavy (non-hydrogen) atoms. The van der Waals surface area contributed by atoms with E-state index in [-0.39, 0.29) is 5.82 Å². The quantitative estimate of drug-likeness (QED) is 0.351. The minimum Gasteiger partial charge on any atom is -0.382 e. The van der Waals surface area contributed by atoms with Crippen molar-refractivity contribution in [2.75, 3.05) is 5.32 Å². The summed E-state index contributed by atoms with van der Waals surface area (Å²) < 4.78 is 15.2. The van der Waals surface area contributed by atoms with Crippen LogP contribution in [0.15, 0.2) is 23.8 Å². The molecule has 0 radical (unpaired) electrons. The summed E-state index contributed by atoms with van der Waals surface area (Å²) in [5, 5.41) is 14.3. The molecule has 0 spiro atoms. The standard InChI is InChI=1S/C26H30FN3O/c1-15(26(31)29-14-28)12-23-16(2)18(4)25(19(5)17(23)3)22-11-10-21(13-24(22)27)30-20-8-6-7-9-20/h10-13,20,30H,6-9H2,1-5H3,(H,29,31)/b15-12+. The lowest BCUT2D eigenvalue weighted by atomic mass is 9.85. The monoisotopic (exact) mass is 419 g/mol. The van der Waals surface area contributed by atoms with Crippen LogP contribution >= 0.6 is 0 Å². The van der Waals surface area contributed by atoms with Gasteiger partial charge in [-0.2, -0.15) is 5.26 Å². The first-order valence-corrected chi connectivity index (χ1v) is 10.8. The number of rotatable bonds is 5. The van der Waals surface area contributed by atoms with Crippen LogP contribution in [0.4, 0.5) is 10.1 Å². The summed E-state index contributed by atoms with van der Waals surface area (Å²) in [6.07, 6.45) is 8.20. The summed E-state index contributed by atoms with van der Waals surface area (Å²) in [7, 11) is 0. The number of anilines is 1. The molecule has 0 unspecified atom stereocenters. The lowest BCUT2D eigenvalue weighted by Gasteiger charge is -2.21. The minimum absolute atomic E-state index is 0.235. The molecule has 5 heteroatoms. The van der Waals surface area contributed by atoms with Crippen molar-refractivity contribution in [2.24, 2.45) is 0 Å². The van der Waals surface area contributed by atoms with Gasteiger partial charge in [0.1, 0.15) is 5.82 Å². The number of halogens is 1. The molecule has 2 aromatic carbocycles. The van der Waals surface area contributed by atoms with Gasteiger partial charge in [0.05, 0.1) is 0 Å². The van der Waals surface area contributed by atoms with Crippen LogP contribution in [-0.2, 0) is 4.79 Å². The molecule has 1 aliphatic rings. The van der Waals surface area contributed by atoms with Crippen molar-refractivity contribution < 1.29 is 9.18 Å². The smallest absolute Gasteiger partial charge is 0.259 e. The second-order valence-corrected chi connectivity index (χ2v) is 8.50. The zero-order valence-corrected chi connectivity index (χ0v) is 18.9. The van der Waals surface area contributed by atoms with Crippen LogP contribution in [0.3, 0.4) is 0 Å². The van der Waals surface area contributed by atoms with Gasteiger partial charge in [0, 0.05) is 22.9 Å². The number of carbonyl (C=O) groups is 1. The van der Waals surface area contributed by atoms with Gasteiger partial charge in [-0.25, -0.2) is 4.39 Å². The molecule has 2 N–H and O–H groups in total. The van der Waals surface area contributed by atoms with Crippen LogP contribution in [0.2, 0.25) is 0 Å². The maximum atomic E-state index is 15.2. The Morgan fingerprint density at radius 2 is 1.71 bits per heavy atom. The van der Waals surface area contributed by atoms with E-state index in [0.717, 1.165) is 51.9 Å². The molecular formula is C26H30FN3O. The van der Waals surface area contributed by atoms with Crippen molar-refractivity contribution in [1.29, 1.82) is 5.26 Å². The number of amides is 1. The molecule has 2 aromatic rings. The van der Waals surface area contributed by atoms with Gasteiger partial charge < -0.3 is 5.32 Å². The predicted octanol–water partition coefficient (Wildman–Crippen LogP) is 6.08. The molecule has 0 aromatic heterocycles. The molecule has 0 aliphatic heterocycles. The Hall–Kier alpha value is -3.13. The van der Waals surface area contributed by atoms with Crippen molar-refractivity contribution in [1.82, 2.24) is 5.32 Å². The predicted molar refractivity (Wildman–Crippen MR) is 124 cm³/mol. The first-order valence-electron chi connectivity index (χ1n) is 10.8. The van der Waals surface area contributed by atoms with Gasteiger partial charge in [0.15, 0.2) is 6.19 Å². The largest absolute Gasteiger partial charge is 0.382 e. The van der Waals surface area contributed by atoms with Crippen molar-refractivity contribution in [3.8, 4) is 17.3 Å². The molecule has 0 atom stereocenters. The lowest BCUT2D eigenvalue weighted by Crippen LogP contribution is -2.18. The molecule has 1 aliphatic carbocycles. The number of nitriles is 1. The first kappa shape index (κ1) is 22.6. The molecule has 1 saturated carbocycles. The summed E-state index contributed by atoms with van der Waals surface area (Å²) in [5.74, 6) is -0.655. The van der Waals surface area contributed by atoms with Crippen LogP contribution in [0.25, 0.3) is 17.2 Å². The summed E-state index contributed by atoms with van der Waals surface area (Å²) in [6, 6.07) is 5.86. The fraction of sp³-hybridized carbons (Fsp3) is 0.385. The summed E-state index contributed by atoms with van der Waals surface area (Å²) >= 11 is 0. The Kier molecular flexibility index (Phi) is 6.80. The van der Waals surface area contributed by atoms with Crippen molar-refractivity contribution in [3.63, 3.8) is 0 Å². The second-order valence-electron chi connectivity index (χ2n) is 8.50. The molecule has 4 nitrogen and oxygen atoms in total. The Morgan fingerprint density at radius 1 is 1.10 bits per heavy atom. The maximum absolute atomic E-state index is 15.2. The molecule has 162 valence electrons. The van der Waals surface area contributed by atoms with Gasteiger partial charge in [-0.3, -0.25) is 10.1 Å². The average Bonchev–Trinajstić information content (AvgIpc) is 3.24. The topological polar surface area (TPSA) is 64.9 Å². The van der Waals surface area contributed by atoms with E-state index < -0.39 is 5.91 Å². The highest BCUT2D eigenvalue weighted by molar-refractivity contribution is 5.98. The van der Waals surface area contributed by atoms with Crippen molar-refractivity contribution in [2.45, 2.75) is 66.3 Å². The van der Waals surface area contributed by atoms with Gasteiger partial charge >= 0.3 is 0 Å². The second kappa shape index (κ2) is 9.34. The number of nitrogens with zero attached hydrogens (tertiary/aromatic N) is 1. The third kappa shape index (κ3) is 4.64. The maximum Gasteiger partial charge on any atom is 0.259 e. The number of hydrogen-bond donors (Lipinski definition) is 2. The fourth-order valence-corrected chi connectivity index (χ4v) is 4.51. The Morgan fingerprint density at radius 3 is 2.26 bits per heavy atom. The Labute approximate surface area is 184 Å². The van der Waals surface area contributed by atoms with Gasteiger partial charge in [0.2, 0.25) is 0 Å². The van der Waals surface area contributed by atoms with Crippen LogP contribution in [0, 0.1) is 45.0 Å². The number of benzene rings is 2. The molecule has 3 rings (SSSR count). The van der Waals surface area contributed by atoms with Crippen molar-refractivity contribution >= 4 is 17.7 Å². The summed E-state index contributed by atoms with van der Waals surface area (Å²) in [5.41, 5.74) is 7.66. The van der Waals surface area contributed by atoms with Crippen LogP contribution in [0.1, 0.15) is 60.4 Å².